The van der Waals surface area contributed by atoms with Crippen LogP contribution in [0.4, 0.5) is 0 Å². The summed E-state index contributed by atoms with van der Waals surface area (Å²) < 4.78 is 6.50. The lowest BCUT2D eigenvalue weighted by Gasteiger charge is -2.15. The summed E-state index contributed by atoms with van der Waals surface area (Å²) in [6, 6.07) is 17.5. The van der Waals surface area contributed by atoms with Gasteiger partial charge in [0.15, 0.2) is 0 Å². The van der Waals surface area contributed by atoms with Crippen molar-refractivity contribution < 1.29 is 19.7 Å². The highest BCUT2D eigenvalue weighted by Crippen LogP contribution is 2.27. The molecule has 0 aliphatic carbocycles. The van der Waals surface area contributed by atoms with Crippen LogP contribution < -0.4 is 16.6 Å². The maximum absolute atomic E-state index is 12.7. The van der Waals surface area contributed by atoms with Gasteiger partial charge in [0.2, 0.25) is 0 Å². The van der Waals surface area contributed by atoms with Gasteiger partial charge in [0.1, 0.15) is 17.9 Å². The first kappa shape index (κ1) is 21.7. The summed E-state index contributed by atoms with van der Waals surface area (Å²) >= 11 is 0. The van der Waals surface area contributed by atoms with Crippen molar-refractivity contribution in [2.24, 2.45) is 0 Å². The summed E-state index contributed by atoms with van der Waals surface area (Å²) in [6.07, 6.45) is -1.54. The third-order valence-electron chi connectivity index (χ3n) is 5.39. The highest BCUT2D eigenvalue weighted by atomic mass is 16.5. The van der Waals surface area contributed by atoms with Crippen LogP contribution in [0.15, 0.2) is 70.4 Å². The van der Waals surface area contributed by atoms with Crippen LogP contribution in [0, 0.1) is 0 Å². The second kappa shape index (κ2) is 9.31. The molecule has 32 heavy (non-hydrogen) atoms. The molecule has 0 unspecified atom stereocenters. The first-order valence-corrected chi connectivity index (χ1v) is 10.2. The minimum absolute atomic E-state index is 0.0461. The Labute approximate surface area is 182 Å². The van der Waals surface area contributed by atoms with E-state index in [-0.39, 0.29) is 18.5 Å². The quantitative estimate of drug-likeness (QED) is 0.450. The number of benzene rings is 2. The zero-order valence-electron chi connectivity index (χ0n) is 17.1. The van der Waals surface area contributed by atoms with Crippen molar-refractivity contribution in [2.75, 3.05) is 6.61 Å². The molecule has 1 saturated heterocycles. The van der Waals surface area contributed by atoms with Crippen molar-refractivity contribution in [3.63, 3.8) is 0 Å². The van der Waals surface area contributed by atoms with E-state index in [2.05, 4.69) is 10.3 Å². The zero-order chi connectivity index (χ0) is 22.7. The van der Waals surface area contributed by atoms with Crippen LogP contribution in [-0.2, 0) is 11.3 Å². The van der Waals surface area contributed by atoms with Gasteiger partial charge in [-0.05, 0) is 22.8 Å². The van der Waals surface area contributed by atoms with Gasteiger partial charge in [-0.15, -0.1) is 0 Å². The number of aliphatic hydroxyl groups excluding tert-OH is 2. The van der Waals surface area contributed by atoms with Crippen LogP contribution >= 0.6 is 0 Å². The van der Waals surface area contributed by atoms with Crippen molar-refractivity contribution in [1.82, 2.24) is 14.9 Å². The number of nitrogens with zero attached hydrogens (tertiary/aromatic N) is 1. The molecular formula is C23H23N3O6. The van der Waals surface area contributed by atoms with Crippen molar-refractivity contribution in [3.8, 4) is 11.1 Å². The van der Waals surface area contributed by atoms with Gasteiger partial charge in [-0.3, -0.25) is 19.1 Å². The van der Waals surface area contributed by atoms with Gasteiger partial charge in [-0.2, -0.15) is 0 Å². The molecule has 4 rings (SSSR count). The monoisotopic (exact) mass is 437 g/mol. The molecular weight excluding hydrogens is 414 g/mol. The van der Waals surface area contributed by atoms with Crippen molar-refractivity contribution in [2.45, 2.75) is 31.4 Å². The maximum Gasteiger partial charge on any atom is 0.330 e. The Bertz CT molecular complexity index is 1220. The molecule has 1 aliphatic heterocycles. The SMILES string of the molecule is O=C(NCc1cccc(-c2ccccc2)c1)c1cn([C@H]2C[C@H](O)[C@@H](CO)O2)c(=O)[nH]c1=O. The smallest absolute Gasteiger partial charge is 0.330 e. The number of carbonyl (C=O) groups excluding carboxylic acids is 1. The van der Waals surface area contributed by atoms with Gasteiger partial charge >= 0.3 is 5.69 Å². The van der Waals surface area contributed by atoms with Crippen molar-refractivity contribution in [1.29, 1.82) is 0 Å². The number of H-pyrrole nitrogens is 1. The average Bonchev–Trinajstić information content (AvgIpc) is 3.18. The number of nitrogens with one attached hydrogen (secondary N) is 2. The second-order valence-electron chi connectivity index (χ2n) is 7.57. The Morgan fingerprint density at radius 2 is 1.88 bits per heavy atom. The Kier molecular flexibility index (Phi) is 6.31. The fourth-order valence-corrected chi connectivity index (χ4v) is 3.68. The first-order valence-electron chi connectivity index (χ1n) is 10.2. The Morgan fingerprint density at radius 1 is 1.12 bits per heavy atom. The minimum atomic E-state index is -0.960. The number of aliphatic hydroxyl groups is 2. The van der Waals surface area contributed by atoms with E-state index in [9.17, 15) is 24.6 Å². The zero-order valence-corrected chi connectivity index (χ0v) is 17.1. The molecule has 2 heterocycles. The number of hydrogen-bond donors (Lipinski definition) is 4. The molecule has 0 bridgehead atoms. The minimum Gasteiger partial charge on any atom is -0.394 e. The fraction of sp³-hybridized carbons (Fsp3) is 0.261. The van der Waals surface area contributed by atoms with E-state index in [4.69, 9.17) is 4.74 Å². The highest BCUT2D eigenvalue weighted by Gasteiger charge is 2.35. The molecule has 1 amide bonds. The fourth-order valence-electron chi connectivity index (χ4n) is 3.68. The predicted molar refractivity (Wildman–Crippen MR) is 116 cm³/mol. The molecule has 3 aromatic rings. The van der Waals surface area contributed by atoms with Gasteiger partial charge in [-0.1, -0.05) is 48.5 Å². The van der Waals surface area contributed by atoms with Gasteiger partial charge in [0.05, 0.1) is 12.7 Å². The molecule has 1 fully saturated rings. The third-order valence-corrected chi connectivity index (χ3v) is 5.39. The normalized spacial score (nSPS) is 20.2. The maximum atomic E-state index is 12.7. The van der Waals surface area contributed by atoms with Gasteiger partial charge in [0.25, 0.3) is 11.5 Å². The number of ether oxygens (including phenoxy) is 1. The molecule has 9 heteroatoms. The standard InChI is InChI=1S/C23H23N3O6/c27-13-19-18(28)10-20(32-19)26-12-17(22(30)25-23(26)31)21(29)24-11-14-5-4-8-16(9-14)15-6-2-1-3-7-15/h1-9,12,18-20,27-28H,10-11,13H2,(H,24,29)(H,25,30,31)/t18-,19+,20+/m0/s1. The van der Waals surface area contributed by atoms with Crippen molar-refractivity contribution >= 4 is 5.91 Å². The van der Waals surface area contributed by atoms with E-state index >= 15 is 0 Å². The van der Waals surface area contributed by atoms with E-state index in [0.717, 1.165) is 27.5 Å². The summed E-state index contributed by atoms with van der Waals surface area (Å²) in [6.45, 7) is -0.228. The molecule has 166 valence electrons. The lowest BCUT2D eigenvalue weighted by Crippen LogP contribution is -2.38. The molecule has 4 N–H and O–H groups in total. The van der Waals surface area contributed by atoms with Crippen LogP contribution in [0.3, 0.4) is 0 Å². The van der Waals surface area contributed by atoms with E-state index in [1.54, 1.807) is 0 Å². The number of amides is 1. The molecule has 2 aromatic carbocycles. The molecule has 3 atom stereocenters. The molecule has 0 radical (unpaired) electrons. The predicted octanol–water partition coefficient (Wildman–Crippen LogP) is 0.774. The lowest BCUT2D eigenvalue weighted by atomic mass is 10.0. The van der Waals surface area contributed by atoms with E-state index in [1.165, 1.54) is 0 Å². The molecule has 0 saturated carbocycles. The van der Waals surface area contributed by atoms with Gasteiger partial charge < -0.3 is 20.3 Å². The Morgan fingerprint density at radius 3 is 2.59 bits per heavy atom. The summed E-state index contributed by atoms with van der Waals surface area (Å²) in [4.78, 5) is 39.2. The first-order chi connectivity index (χ1) is 15.5. The van der Waals surface area contributed by atoms with Crippen molar-refractivity contribution in [3.05, 3.63) is 92.8 Å². The number of aromatic amines is 1. The number of rotatable bonds is 6. The number of carbonyl (C=O) groups is 1. The Hall–Kier alpha value is -3.53. The highest BCUT2D eigenvalue weighted by molar-refractivity contribution is 5.93. The lowest BCUT2D eigenvalue weighted by molar-refractivity contribution is -0.0459. The van der Waals surface area contributed by atoms with E-state index < -0.39 is 42.2 Å². The molecule has 0 spiro atoms. The summed E-state index contributed by atoms with van der Waals surface area (Å²) in [5, 5.41) is 21.8. The van der Waals surface area contributed by atoms with Gasteiger partial charge in [0, 0.05) is 19.2 Å². The van der Waals surface area contributed by atoms with Crippen LogP contribution in [-0.4, -0.2) is 44.5 Å². The van der Waals surface area contributed by atoms with Crippen LogP contribution in [0.25, 0.3) is 11.1 Å². The Balaban J connectivity index is 1.51. The largest absolute Gasteiger partial charge is 0.394 e. The van der Waals surface area contributed by atoms with Gasteiger partial charge in [-0.25, -0.2) is 4.79 Å². The molecule has 9 nitrogen and oxygen atoms in total. The van der Waals surface area contributed by atoms with E-state index in [0.29, 0.717) is 0 Å². The summed E-state index contributed by atoms with van der Waals surface area (Å²) in [5.74, 6) is -0.651. The average molecular weight is 437 g/mol. The summed E-state index contributed by atoms with van der Waals surface area (Å²) in [5.41, 5.74) is 1.05. The van der Waals surface area contributed by atoms with Crippen LogP contribution in [0.2, 0.25) is 0 Å². The van der Waals surface area contributed by atoms with Crippen LogP contribution in [0.1, 0.15) is 28.6 Å². The topological polar surface area (TPSA) is 134 Å². The van der Waals surface area contributed by atoms with Crippen LogP contribution in [0.5, 0.6) is 0 Å². The number of aromatic nitrogens is 2. The number of hydrogen-bond acceptors (Lipinski definition) is 6. The molecule has 1 aliphatic rings. The second-order valence-corrected chi connectivity index (χ2v) is 7.57. The summed E-state index contributed by atoms with van der Waals surface area (Å²) in [7, 11) is 0. The third kappa shape index (κ3) is 4.54. The molecule has 1 aromatic heterocycles. The van der Waals surface area contributed by atoms with E-state index in [1.807, 2.05) is 54.6 Å².